The molecule has 1 atom stereocenters. The topological polar surface area (TPSA) is 77.2 Å². The van der Waals surface area contributed by atoms with Crippen LogP contribution < -0.4 is 5.32 Å². The minimum absolute atomic E-state index is 0.0965. The van der Waals surface area contributed by atoms with Gasteiger partial charge in [-0.25, -0.2) is 0 Å². The third-order valence-electron chi connectivity index (χ3n) is 4.37. The molecular formula is C20H19N3O3. The Morgan fingerprint density at radius 2 is 1.92 bits per heavy atom. The monoisotopic (exact) mass is 349 g/mol. The van der Waals surface area contributed by atoms with Crippen molar-refractivity contribution in [2.45, 2.75) is 18.9 Å². The summed E-state index contributed by atoms with van der Waals surface area (Å²) in [6.45, 7) is 1.27. The summed E-state index contributed by atoms with van der Waals surface area (Å²) in [5, 5.41) is 6.97. The van der Waals surface area contributed by atoms with Gasteiger partial charge in [-0.3, -0.25) is 4.79 Å². The SMILES string of the molecule is O=C(NC[C@@H]1CCCO1)c1ccccc1-c1nc(-c2ccccc2)no1. The number of carbonyl (C=O) groups is 1. The van der Waals surface area contributed by atoms with Gasteiger partial charge < -0.3 is 14.6 Å². The van der Waals surface area contributed by atoms with E-state index in [9.17, 15) is 4.79 Å². The maximum absolute atomic E-state index is 12.6. The van der Waals surface area contributed by atoms with Crippen LogP contribution in [-0.2, 0) is 4.74 Å². The van der Waals surface area contributed by atoms with Crippen molar-refractivity contribution in [3.05, 3.63) is 60.2 Å². The first-order valence-electron chi connectivity index (χ1n) is 8.69. The Hall–Kier alpha value is -2.99. The van der Waals surface area contributed by atoms with Crippen LogP contribution in [0, 0.1) is 0 Å². The number of aromatic nitrogens is 2. The maximum atomic E-state index is 12.6. The van der Waals surface area contributed by atoms with Crippen LogP contribution in [0.2, 0.25) is 0 Å². The van der Waals surface area contributed by atoms with E-state index in [-0.39, 0.29) is 12.0 Å². The lowest BCUT2D eigenvalue weighted by Gasteiger charge is -2.11. The summed E-state index contributed by atoms with van der Waals surface area (Å²) in [7, 11) is 0. The summed E-state index contributed by atoms with van der Waals surface area (Å²) < 4.78 is 11.0. The van der Waals surface area contributed by atoms with Crippen molar-refractivity contribution in [3.8, 4) is 22.8 Å². The van der Waals surface area contributed by atoms with Crippen molar-refractivity contribution in [2.75, 3.05) is 13.2 Å². The molecule has 0 unspecified atom stereocenters. The van der Waals surface area contributed by atoms with Crippen LogP contribution in [0.15, 0.2) is 59.1 Å². The highest BCUT2D eigenvalue weighted by atomic mass is 16.5. The molecule has 4 rings (SSSR count). The minimum atomic E-state index is -0.171. The second kappa shape index (κ2) is 7.49. The molecule has 0 aliphatic carbocycles. The van der Waals surface area contributed by atoms with Crippen molar-refractivity contribution in [1.29, 1.82) is 0 Å². The van der Waals surface area contributed by atoms with E-state index in [0.29, 0.717) is 29.4 Å². The van der Waals surface area contributed by atoms with Gasteiger partial charge >= 0.3 is 0 Å². The first-order valence-corrected chi connectivity index (χ1v) is 8.69. The Morgan fingerprint density at radius 3 is 2.73 bits per heavy atom. The largest absolute Gasteiger partial charge is 0.376 e. The zero-order valence-electron chi connectivity index (χ0n) is 14.2. The summed E-state index contributed by atoms with van der Waals surface area (Å²) in [5.41, 5.74) is 1.99. The molecule has 2 heterocycles. The number of carbonyl (C=O) groups excluding carboxylic acids is 1. The van der Waals surface area contributed by atoms with Gasteiger partial charge in [-0.1, -0.05) is 47.6 Å². The second-order valence-corrected chi connectivity index (χ2v) is 6.18. The van der Waals surface area contributed by atoms with E-state index in [4.69, 9.17) is 9.26 Å². The lowest BCUT2D eigenvalue weighted by atomic mass is 10.1. The first-order chi connectivity index (χ1) is 12.8. The molecule has 1 aromatic heterocycles. The highest BCUT2D eigenvalue weighted by molar-refractivity contribution is 6.00. The number of hydrogen-bond acceptors (Lipinski definition) is 5. The number of amides is 1. The van der Waals surface area contributed by atoms with Crippen molar-refractivity contribution in [2.24, 2.45) is 0 Å². The molecule has 0 bridgehead atoms. The number of nitrogens with zero attached hydrogens (tertiary/aromatic N) is 2. The second-order valence-electron chi connectivity index (χ2n) is 6.18. The van der Waals surface area contributed by atoms with Crippen LogP contribution in [0.1, 0.15) is 23.2 Å². The Kier molecular flexibility index (Phi) is 4.75. The number of rotatable bonds is 5. The van der Waals surface area contributed by atoms with Gasteiger partial charge in [-0.2, -0.15) is 4.98 Å². The van der Waals surface area contributed by atoms with Crippen LogP contribution in [-0.4, -0.2) is 35.3 Å². The quantitative estimate of drug-likeness (QED) is 0.765. The summed E-state index contributed by atoms with van der Waals surface area (Å²) >= 11 is 0. The molecule has 0 spiro atoms. The fourth-order valence-electron chi connectivity index (χ4n) is 3.01. The molecule has 0 radical (unpaired) electrons. The fourth-order valence-corrected chi connectivity index (χ4v) is 3.01. The molecule has 1 aliphatic heterocycles. The predicted octanol–water partition coefficient (Wildman–Crippen LogP) is 3.31. The van der Waals surface area contributed by atoms with E-state index >= 15 is 0 Å². The molecular weight excluding hydrogens is 330 g/mol. The van der Waals surface area contributed by atoms with Crippen molar-refractivity contribution in [3.63, 3.8) is 0 Å². The Balaban J connectivity index is 1.56. The summed E-state index contributed by atoms with van der Waals surface area (Å²) in [5.74, 6) is 0.650. The van der Waals surface area contributed by atoms with E-state index in [0.717, 1.165) is 25.0 Å². The van der Waals surface area contributed by atoms with E-state index in [2.05, 4.69) is 15.5 Å². The standard InChI is InChI=1S/C20H19N3O3/c24-19(21-13-15-9-6-12-25-15)16-10-4-5-11-17(16)20-22-18(23-26-20)14-7-2-1-3-8-14/h1-5,7-8,10-11,15H,6,9,12-13H2,(H,21,24)/t15-/m0/s1. The smallest absolute Gasteiger partial charge is 0.259 e. The Labute approximate surface area is 151 Å². The average molecular weight is 349 g/mol. The molecule has 3 aromatic rings. The number of benzene rings is 2. The van der Waals surface area contributed by atoms with Gasteiger partial charge in [-0.15, -0.1) is 0 Å². The van der Waals surface area contributed by atoms with Gasteiger partial charge in [0.25, 0.3) is 11.8 Å². The van der Waals surface area contributed by atoms with Gasteiger partial charge in [0.15, 0.2) is 0 Å². The van der Waals surface area contributed by atoms with Gasteiger partial charge in [0.05, 0.1) is 17.2 Å². The van der Waals surface area contributed by atoms with E-state index in [1.807, 2.05) is 48.5 Å². The predicted molar refractivity (Wildman–Crippen MR) is 96.5 cm³/mol. The van der Waals surface area contributed by atoms with Crippen LogP contribution in [0.4, 0.5) is 0 Å². The van der Waals surface area contributed by atoms with E-state index in [1.165, 1.54) is 0 Å². The Bertz CT molecular complexity index is 886. The normalized spacial score (nSPS) is 16.5. The molecule has 6 heteroatoms. The summed E-state index contributed by atoms with van der Waals surface area (Å²) in [4.78, 5) is 17.1. The van der Waals surface area contributed by atoms with Crippen LogP contribution >= 0.6 is 0 Å². The zero-order valence-corrected chi connectivity index (χ0v) is 14.2. The first kappa shape index (κ1) is 16.5. The summed E-state index contributed by atoms with van der Waals surface area (Å²) in [6, 6.07) is 16.8. The lowest BCUT2D eigenvalue weighted by molar-refractivity contribution is 0.0858. The van der Waals surface area contributed by atoms with Crippen molar-refractivity contribution in [1.82, 2.24) is 15.5 Å². The molecule has 1 N–H and O–H groups in total. The van der Waals surface area contributed by atoms with Crippen LogP contribution in [0.25, 0.3) is 22.8 Å². The van der Waals surface area contributed by atoms with E-state index < -0.39 is 0 Å². The summed E-state index contributed by atoms with van der Waals surface area (Å²) in [6.07, 6.45) is 2.12. The van der Waals surface area contributed by atoms with Gasteiger partial charge in [0.1, 0.15) is 0 Å². The van der Waals surface area contributed by atoms with Gasteiger partial charge in [0.2, 0.25) is 5.82 Å². The lowest BCUT2D eigenvalue weighted by Crippen LogP contribution is -2.32. The third-order valence-corrected chi connectivity index (χ3v) is 4.37. The van der Waals surface area contributed by atoms with Gasteiger partial charge in [0, 0.05) is 18.7 Å². The molecule has 6 nitrogen and oxygen atoms in total. The molecule has 26 heavy (non-hydrogen) atoms. The zero-order chi connectivity index (χ0) is 17.8. The fraction of sp³-hybridized carbons (Fsp3) is 0.250. The minimum Gasteiger partial charge on any atom is -0.376 e. The Morgan fingerprint density at radius 1 is 1.12 bits per heavy atom. The average Bonchev–Trinajstić information content (AvgIpc) is 3.39. The number of ether oxygens (including phenoxy) is 1. The molecule has 0 saturated carbocycles. The molecule has 1 amide bonds. The highest BCUT2D eigenvalue weighted by Gasteiger charge is 2.20. The van der Waals surface area contributed by atoms with Gasteiger partial charge in [-0.05, 0) is 25.0 Å². The molecule has 1 fully saturated rings. The molecule has 2 aromatic carbocycles. The molecule has 1 saturated heterocycles. The van der Waals surface area contributed by atoms with Crippen molar-refractivity contribution >= 4 is 5.91 Å². The van der Waals surface area contributed by atoms with Crippen LogP contribution in [0.5, 0.6) is 0 Å². The highest BCUT2D eigenvalue weighted by Crippen LogP contribution is 2.25. The molecule has 1 aliphatic rings. The number of hydrogen-bond donors (Lipinski definition) is 1. The van der Waals surface area contributed by atoms with Crippen molar-refractivity contribution < 1.29 is 14.1 Å². The molecule has 132 valence electrons. The maximum Gasteiger partial charge on any atom is 0.259 e. The number of nitrogens with one attached hydrogen (secondary N) is 1. The van der Waals surface area contributed by atoms with Crippen LogP contribution in [0.3, 0.4) is 0 Å². The van der Waals surface area contributed by atoms with E-state index in [1.54, 1.807) is 6.07 Å². The third kappa shape index (κ3) is 3.50.